The number of rotatable bonds is 6. The summed E-state index contributed by atoms with van der Waals surface area (Å²) in [6, 6.07) is 41.3. The molecule has 4 aliphatic rings. The molecule has 2 heterocycles. The van der Waals surface area contributed by atoms with E-state index in [1.165, 1.54) is 32.3 Å². The van der Waals surface area contributed by atoms with Crippen LogP contribution in [0.15, 0.2) is 140 Å². The fourth-order valence-electron chi connectivity index (χ4n) is 8.63. The summed E-state index contributed by atoms with van der Waals surface area (Å²) in [5.74, 6) is 1.62. The van der Waals surface area contributed by atoms with Crippen molar-refractivity contribution in [2.45, 2.75) is 50.0 Å². The van der Waals surface area contributed by atoms with Crippen molar-refractivity contribution in [1.29, 1.82) is 0 Å². The Kier molecular flexibility index (Phi) is 8.87. The normalized spacial score (nSPS) is 23.9. The fraction of sp³-hybridized carbons (Fsp3) is 0.227. The van der Waals surface area contributed by atoms with Gasteiger partial charge >= 0.3 is 0 Å². The summed E-state index contributed by atoms with van der Waals surface area (Å²) < 4.78 is 15.2. The maximum atomic E-state index is 7.61. The van der Waals surface area contributed by atoms with E-state index in [4.69, 9.17) is 32.7 Å². The van der Waals surface area contributed by atoms with E-state index in [9.17, 15) is 0 Å². The minimum Gasteiger partial charge on any atom is -0.451 e. The Balaban J connectivity index is 1.20. The van der Waals surface area contributed by atoms with Gasteiger partial charge in [0.05, 0.1) is 0 Å². The van der Waals surface area contributed by atoms with E-state index in [0.29, 0.717) is 5.66 Å². The second-order valence-electron chi connectivity index (χ2n) is 13.8. The SMILES string of the molecule is Clc1cc2c(c(P(c3ccccc3)c3ccccc3)c1)O[C@]13Oc4c(cc(Cl)cc4P(c4ccccc4)C4C=CC=CC4)C[C@H]1CCC[C@@H]3C2. The van der Waals surface area contributed by atoms with Crippen LogP contribution in [0.3, 0.4) is 0 Å². The molecule has 1 saturated carbocycles. The Morgan fingerprint density at radius 2 is 1.12 bits per heavy atom. The highest BCUT2D eigenvalue weighted by Gasteiger charge is 2.58. The van der Waals surface area contributed by atoms with Crippen LogP contribution in [-0.2, 0) is 12.8 Å². The Hall–Kier alpha value is -3.38. The van der Waals surface area contributed by atoms with Gasteiger partial charge in [0.1, 0.15) is 11.5 Å². The molecule has 0 radical (unpaired) electrons. The molecular weight excluding hydrogens is 693 g/mol. The molecule has 0 bridgehead atoms. The molecule has 2 aliphatic heterocycles. The highest BCUT2D eigenvalue weighted by molar-refractivity contribution is 7.80. The number of hydrogen-bond donors (Lipinski definition) is 0. The lowest BCUT2D eigenvalue weighted by molar-refractivity contribution is -0.225. The van der Waals surface area contributed by atoms with Crippen molar-refractivity contribution in [1.82, 2.24) is 0 Å². The molecule has 1 fully saturated rings. The summed E-state index contributed by atoms with van der Waals surface area (Å²) >= 11 is 14.0. The van der Waals surface area contributed by atoms with Gasteiger partial charge in [-0.05, 0) is 99.3 Å². The van der Waals surface area contributed by atoms with E-state index in [1.807, 2.05) is 0 Å². The van der Waals surface area contributed by atoms with E-state index < -0.39 is 21.6 Å². The van der Waals surface area contributed by atoms with Gasteiger partial charge < -0.3 is 9.47 Å². The van der Waals surface area contributed by atoms with Crippen molar-refractivity contribution in [3.05, 3.63) is 161 Å². The second-order valence-corrected chi connectivity index (χ2v) is 19.3. The van der Waals surface area contributed by atoms with Crippen molar-refractivity contribution < 1.29 is 9.47 Å². The van der Waals surface area contributed by atoms with Crippen LogP contribution in [0.4, 0.5) is 0 Å². The molecule has 5 atom stereocenters. The number of benzene rings is 5. The van der Waals surface area contributed by atoms with Gasteiger partial charge in [0.2, 0.25) is 0 Å². The molecule has 0 N–H and O–H groups in total. The van der Waals surface area contributed by atoms with Crippen molar-refractivity contribution in [3.63, 3.8) is 0 Å². The number of allylic oxidation sites excluding steroid dienone is 4. The predicted molar refractivity (Wildman–Crippen MR) is 213 cm³/mol. The van der Waals surface area contributed by atoms with Crippen molar-refractivity contribution in [3.8, 4) is 11.5 Å². The zero-order valence-electron chi connectivity index (χ0n) is 27.7. The van der Waals surface area contributed by atoms with Gasteiger partial charge in [0, 0.05) is 38.1 Å². The molecule has 0 amide bonds. The van der Waals surface area contributed by atoms with Crippen LogP contribution in [0.5, 0.6) is 11.5 Å². The van der Waals surface area contributed by atoms with Crippen molar-refractivity contribution in [2.75, 3.05) is 0 Å². The first-order valence-electron chi connectivity index (χ1n) is 17.7. The molecule has 2 unspecified atom stereocenters. The lowest BCUT2D eigenvalue weighted by Crippen LogP contribution is -2.62. The molecule has 5 aromatic carbocycles. The number of halogens is 2. The smallest absolute Gasteiger partial charge is 0.257 e. The van der Waals surface area contributed by atoms with Gasteiger partial charge in [0.25, 0.3) is 5.79 Å². The van der Waals surface area contributed by atoms with Gasteiger partial charge in [-0.25, -0.2) is 0 Å². The standard InChI is InChI=1S/C44H38Cl2O2P2/c45-34-26-30-24-32-14-13-15-33-25-31-27-35(46)29-41(50(38-20-9-3-10-21-38)39-22-11-4-12-23-39)43(31)48-44(32,33)47-42(30)40(28-34)49(36-16-5-1-6-17-36)37-18-7-2-8-19-37/h1-12,16-22,26-29,32-33,39H,13-15,23-25H2/t32-,33-,39?,44-,50?/m1/s1. The van der Waals surface area contributed by atoms with Gasteiger partial charge in [-0.15, -0.1) is 0 Å². The van der Waals surface area contributed by atoms with Crippen LogP contribution >= 0.6 is 39.0 Å². The predicted octanol–water partition coefficient (Wildman–Crippen LogP) is 9.75. The minimum absolute atomic E-state index is 0.219. The lowest BCUT2D eigenvalue weighted by Gasteiger charge is -2.54. The largest absolute Gasteiger partial charge is 0.451 e. The average molecular weight is 732 g/mol. The molecule has 50 heavy (non-hydrogen) atoms. The summed E-state index contributed by atoms with van der Waals surface area (Å²) in [6.07, 6.45) is 15.1. The zero-order valence-corrected chi connectivity index (χ0v) is 31.0. The summed E-state index contributed by atoms with van der Waals surface area (Å²) in [5, 5.41) is 7.81. The first-order valence-corrected chi connectivity index (χ1v) is 21.2. The van der Waals surface area contributed by atoms with Crippen molar-refractivity contribution >= 4 is 65.6 Å². The third kappa shape index (κ3) is 5.84. The van der Waals surface area contributed by atoms with Gasteiger partial charge in [-0.1, -0.05) is 145 Å². The summed E-state index contributed by atoms with van der Waals surface area (Å²) in [5.41, 5.74) is 2.76. The Morgan fingerprint density at radius 1 is 0.600 bits per heavy atom. The van der Waals surface area contributed by atoms with Crippen LogP contribution in [-0.4, -0.2) is 11.4 Å². The molecule has 9 rings (SSSR count). The van der Waals surface area contributed by atoms with Gasteiger partial charge in [-0.3, -0.25) is 0 Å². The molecule has 2 aliphatic carbocycles. The summed E-state index contributed by atoms with van der Waals surface area (Å²) in [4.78, 5) is 0. The highest BCUT2D eigenvalue weighted by atomic mass is 35.5. The van der Waals surface area contributed by atoms with E-state index in [1.54, 1.807) is 0 Å². The van der Waals surface area contributed by atoms with Crippen molar-refractivity contribution in [2.24, 2.45) is 11.8 Å². The highest BCUT2D eigenvalue weighted by Crippen LogP contribution is 2.56. The van der Waals surface area contributed by atoms with Crippen LogP contribution in [0.2, 0.25) is 10.0 Å². The zero-order chi connectivity index (χ0) is 33.7. The maximum absolute atomic E-state index is 7.61. The quantitative estimate of drug-likeness (QED) is 0.162. The molecule has 0 aromatic heterocycles. The van der Waals surface area contributed by atoms with Crippen LogP contribution in [0, 0.1) is 11.8 Å². The third-order valence-electron chi connectivity index (χ3n) is 10.8. The minimum atomic E-state index is -0.935. The Morgan fingerprint density at radius 3 is 1.66 bits per heavy atom. The molecular formula is C44H38Cl2O2P2. The Bertz CT molecular complexity index is 2050. The topological polar surface area (TPSA) is 18.5 Å². The van der Waals surface area contributed by atoms with Crippen LogP contribution in [0.25, 0.3) is 0 Å². The van der Waals surface area contributed by atoms with E-state index >= 15 is 0 Å². The van der Waals surface area contributed by atoms with Gasteiger partial charge in [-0.2, -0.15) is 0 Å². The molecule has 5 aromatic rings. The van der Waals surface area contributed by atoms with Crippen LogP contribution < -0.4 is 36.0 Å². The fourth-order valence-corrected chi connectivity index (χ4v) is 14.5. The van der Waals surface area contributed by atoms with Gasteiger partial charge in [0.15, 0.2) is 0 Å². The Labute approximate surface area is 307 Å². The first-order chi connectivity index (χ1) is 24.6. The molecule has 2 nitrogen and oxygen atoms in total. The lowest BCUT2D eigenvalue weighted by atomic mass is 9.68. The first kappa shape index (κ1) is 32.5. The van der Waals surface area contributed by atoms with Crippen LogP contribution in [0.1, 0.15) is 36.8 Å². The molecule has 6 heteroatoms. The molecule has 250 valence electrons. The third-order valence-corrected chi connectivity index (χ3v) is 16.4. The number of fused-ring (bicyclic) bond motifs is 2. The van der Waals surface area contributed by atoms with E-state index in [0.717, 1.165) is 65.4 Å². The second kappa shape index (κ2) is 13.6. The molecule has 1 spiro atoms. The number of hydrogen-bond acceptors (Lipinski definition) is 2. The summed E-state index contributed by atoms with van der Waals surface area (Å²) in [7, 11) is -1.74. The monoisotopic (exact) mass is 730 g/mol. The number of ether oxygens (including phenoxy) is 2. The molecule has 0 saturated heterocycles. The van der Waals surface area contributed by atoms with E-state index in [2.05, 4.69) is 140 Å². The maximum Gasteiger partial charge on any atom is 0.257 e. The summed E-state index contributed by atoms with van der Waals surface area (Å²) in [6.45, 7) is 0. The average Bonchev–Trinajstić information content (AvgIpc) is 3.15. The van der Waals surface area contributed by atoms with E-state index in [-0.39, 0.29) is 11.8 Å².